The van der Waals surface area contributed by atoms with Crippen LogP contribution in [0.1, 0.15) is 12.8 Å². The summed E-state index contributed by atoms with van der Waals surface area (Å²) in [5.41, 5.74) is 1.24. The van der Waals surface area contributed by atoms with E-state index in [0.29, 0.717) is 11.0 Å². The highest BCUT2D eigenvalue weighted by Gasteiger charge is 2.29. The number of nitrogens with zero attached hydrogens (tertiary/aromatic N) is 3. The van der Waals surface area contributed by atoms with Gasteiger partial charge in [-0.25, -0.2) is 13.4 Å². The molecule has 8 heteroatoms. The molecule has 1 aromatic carbocycles. The molecule has 116 valence electrons. The predicted molar refractivity (Wildman–Crippen MR) is 78.8 cm³/mol. The third kappa shape index (κ3) is 2.50. The molecule has 3 rings (SSSR count). The molecule has 0 N–H and O–H groups in total. The van der Waals surface area contributed by atoms with Crippen molar-refractivity contribution in [1.29, 1.82) is 0 Å². The Bertz CT molecular complexity index is 853. The number of hydrogen-bond acceptors (Lipinski definition) is 5. The van der Waals surface area contributed by atoms with Crippen LogP contribution >= 0.6 is 0 Å². The van der Waals surface area contributed by atoms with Crippen LogP contribution in [0, 0.1) is 0 Å². The quantitative estimate of drug-likeness (QED) is 0.769. The Kier molecular flexibility index (Phi) is 3.48. The third-order valence-corrected chi connectivity index (χ3v) is 4.63. The average molecular weight is 321 g/mol. The van der Waals surface area contributed by atoms with E-state index in [0.717, 1.165) is 6.26 Å². The number of fused-ring (bicyclic) bond motifs is 1. The zero-order valence-corrected chi connectivity index (χ0v) is 12.8. The number of carbonyl (C=O) groups is 2. The first-order valence-corrected chi connectivity index (χ1v) is 8.75. The van der Waals surface area contributed by atoms with E-state index < -0.39 is 9.84 Å². The van der Waals surface area contributed by atoms with E-state index in [4.69, 9.17) is 0 Å². The van der Waals surface area contributed by atoms with Gasteiger partial charge in [0.1, 0.15) is 0 Å². The molecule has 7 nitrogen and oxygen atoms in total. The minimum Gasteiger partial charge on any atom is -0.313 e. The fraction of sp³-hybridized carbons (Fsp3) is 0.357. The fourth-order valence-electron chi connectivity index (χ4n) is 2.62. The van der Waals surface area contributed by atoms with Gasteiger partial charge in [0.25, 0.3) is 0 Å². The first-order valence-electron chi connectivity index (χ1n) is 6.86. The molecule has 0 aliphatic carbocycles. The Balaban J connectivity index is 1.99. The van der Waals surface area contributed by atoms with Crippen molar-refractivity contribution < 1.29 is 18.0 Å². The molecule has 22 heavy (non-hydrogen) atoms. The maximum absolute atomic E-state index is 11.9. The van der Waals surface area contributed by atoms with Crippen LogP contribution in [0.5, 0.6) is 0 Å². The number of aromatic nitrogens is 2. The van der Waals surface area contributed by atoms with Gasteiger partial charge in [-0.05, 0) is 12.1 Å². The molecule has 0 bridgehead atoms. The monoisotopic (exact) mass is 321 g/mol. The van der Waals surface area contributed by atoms with Crippen LogP contribution in [-0.4, -0.2) is 47.5 Å². The minimum atomic E-state index is -3.50. The summed E-state index contributed by atoms with van der Waals surface area (Å²) >= 11 is 0. The van der Waals surface area contributed by atoms with E-state index in [9.17, 15) is 18.0 Å². The zero-order chi connectivity index (χ0) is 15.9. The number of para-hydroxylation sites is 2. The van der Waals surface area contributed by atoms with Gasteiger partial charge in [0.2, 0.25) is 26.8 Å². The summed E-state index contributed by atoms with van der Waals surface area (Å²) in [5, 5.41) is -0.0483. The molecule has 2 heterocycles. The van der Waals surface area contributed by atoms with Crippen LogP contribution in [0.15, 0.2) is 29.4 Å². The molecule has 0 radical (unpaired) electrons. The van der Waals surface area contributed by atoms with E-state index in [2.05, 4.69) is 4.98 Å². The molecule has 1 fully saturated rings. The number of rotatable bonds is 4. The van der Waals surface area contributed by atoms with Crippen molar-refractivity contribution in [3.8, 4) is 0 Å². The molecule has 2 amide bonds. The standard InChI is InChI=1S/C14H15N3O4S/c1-22(20,21)14-15-10-4-2-3-5-11(10)16(14)8-9-17-12(18)6-7-13(17)19/h2-5H,6-9H2,1H3. The van der Waals surface area contributed by atoms with Crippen molar-refractivity contribution in [2.75, 3.05) is 12.8 Å². The van der Waals surface area contributed by atoms with Gasteiger partial charge in [-0.15, -0.1) is 0 Å². The van der Waals surface area contributed by atoms with Crippen molar-refractivity contribution in [1.82, 2.24) is 14.5 Å². The van der Waals surface area contributed by atoms with E-state index in [1.807, 2.05) is 0 Å². The molecule has 0 unspecified atom stereocenters. The van der Waals surface area contributed by atoms with Crippen LogP contribution in [0.3, 0.4) is 0 Å². The summed E-state index contributed by atoms with van der Waals surface area (Å²) < 4.78 is 25.4. The molecule has 0 saturated carbocycles. The molecular weight excluding hydrogens is 306 g/mol. The summed E-state index contributed by atoms with van der Waals surface area (Å²) in [6.07, 6.45) is 1.54. The third-order valence-electron chi connectivity index (χ3n) is 3.65. The largest absolute Gasteiger partial charge is 0.313 e. The van der Waals surface area contributed by atoms with Crippen molar-refractivity contribution in [2.45, 2.75) is 24.5 Å². The number of likely N-dealkylation sites (tertiary alicyclic amines) is 1. The molecule has 1 saturated heterocycles. The first-order chi connectivity index (χ1) is 10.4. The second-order valence-electron chi connectivity index (χ2n) is 5.25. The Morgan fingerprint density at radius 1 is 1.09 bits per heavy atom. The summed E-state index contributed by atoms with van der Waals surface area (Å²) in [6.45, 7) is 0.362. The topological polar surface area (TPSA) is 89.3 Å². The molecule has 1 aromatic heterocycles. The smallest absolute Gasteiger partial charge is 0.229 e. The van der Waals surface area contributed by atoms with Gasteiger partial charge in [0.15, 0.2) is 0 Å². The number of imidazole rings is 1. The van der Waals surface area contributed by atoms with Gasteiger partial charge in [-0.3, -0.25) is 14.5 Å². The van der Waals surface area contributed by atoms with E-state index >= 15 is 0 Å². The molecule has 1 aliphatic heterocycles. The number of hydrogen-bond donors (Lipinski definition) is 0. The molecular formula is C14H15N3O4S. The Morgan fingerprint density at radius 2 is 1.73 bits per heavy atom. The lowest BCUT2D eigenvalue weighted by Crippen LogP contribution is -2.32. The summed E-state index contributed by atoms with van der Waals surface area (Å²) in [5.74, 6) is -0.425. The zero-order valence-electron chi connectivity index (χ0n) is 12.0. The van der Waals surface area contributed by atoms with Crippen molar-refractivity contribution in [3.05, 3.63) is 24.3 Å². The maximum Gasteiger partial charge on any atom is 0.229 e. The van der Waals surface area contributed by atoms with Gasteiger partial charge in [-0.1, -0.05) is 12.1 Å². The van der Waals surface area contributed by atoms with Crippen molar-refractivity contribution >= 4 is 32.7 Å². The lowest BCUT2D eigenvalue weighted by Gasteiger charge is -2.15. The number of benzene rings is 1. The highest BCUT2D eigenvalue weighted by Crippen LogP contribution is 2.20. The predicted octanol–water partition coefficient (Wildman–Crippen LogP) is 0.589. The number of carbonyl (C=O) groups excluding carboxylic acids is 2. The second-order valence-corrected chi connectivity index (χ2v) is 7.16. The number of imide groups is 1. The van der Waals surface area contributed by atoms with Crippen molar-refractivity contribution in [2.24, 2.45) is 0 Å². The van der Waals surface area contributed by atoms with Crippen molar-refractivity contribution in [3.63, 3.8) is 0 Å². The molecule has 2 aromatic rings. The van der Waals surface area contributed by atoms with Gasteiger partial charge in [0.05, 0.1) is 11.0 Å². The number of amides is 2. The first kappa shape index (κ1) is 14.7. The van der Waals surface area contributed by atoms with Crippen LogP contribution < -0.4 is 0 Å². The van der Waals surface area contributed by atoms with Gasteiger partial charge < -0.3 is 4.57 Å². The molecule has 1 aliphatic rings. The van der Waals surface area contributed by atoms with Gasteiger partial charge >= 0.3 is 0 Å². The Labute approximate surface area is 127 Å². The SMILES string of the molecule is CS(=O)(=O)c1nc2ccccc2n1CCN1C(=O)CCC1=O. The van der Waals surface area contributed by atoms with Gasteiger partial charge in [-0.2, -0.15) is 0 Å². The van der Waals surface area contributed by atoms with Crippen LogP contribution in [0.2, 0.25) is 0 Å². The van der Waals surface area contributed by atoms with E-state index in [1.165, 1.54) is 4.90 Å². The number of sulfone groups is 1. The van der Waals surface area contributed by atoms with Crippen LogP contribution in [0.4, 0.5) is 0 Å². The minimum absolute atomic E-state index is 0.0483. The highest BCUT2D eigenvalue weighted by atomic mass is 32.2. The van der Waals surface area contributed by atoms with E-state index in [-0.39, 0.29) is 42.9 Å². The summed E-state index contributed by atoms with van der Waals surface area (Å²) in [7, 11) is -3.50. The lowest BCUT2D eigenvalue weighted by molar-refractivity contribution is -0.138. The molecule has 0 atom stereocenters. The average Bonchev–Trinajstić information content (AvgIpc) is 2.98. The summed E-state index contributed by atoms with van der Waals surface area (Å²) in [6, 6.07) is 7.06. The van der Waals surface area contributed by atoms with Gasteiger partial charge in [0, 0.05) is 32.2 Å². The maximum atomic E-state index is 11.9. The Morgan fingerprint density at radius 3 is 2.36 bits per heavy atom. The second kappa shape index (κ2) is 5.20. The van der Waals surface area contributed by atoms with Crippen LogP contribution in [-0.2, 0) is 26.0 Å². The highest BCUT2D eigenvalue weighted by molar-refractivity contribution is 7.90. The normalized spacial score (nSPS) is 16.0. The van der Waals surface area contributed by atoms with Crippen LogP contribution in [0.25, 0.3) is 11.0 Å². The van der Waals surface area contributed by atoms with E-state index in [1.54, 1.807) is 28.8 Å². The lowest BCUT2D eigenvalue weighted by atomic mass is 10.3. The summed E-state index contributed by atoms with van der Waals surface area (Å²) in [4.78, 5) is 28.6. The molecule has 0 spiro atoms. The Hall–Kier alpha value is -2.22. The fourth-order valence-corrected chi connectivity index (χ4v) is 3.48.